The summed E-state index contributed by atoms with van der Waals surface area (Å²) in [6.45, 7) is 12.7. The molecule has 0 unspecified atom stereocenters. The van der Waals surface area contributed by atoms with Gasteiger partial charge < -0.3 is 0 Å². The first-order chi connectivity index (χ1) is 14.7. The van der Waals surface area contributed by atoms with Crippen LogP contribution >= 0.6 is 7.05 Å². The standard InChI is InChI=1S/C20H38NP.C8H14.Ti/c1-4-7-12-17-22(18-13-8-5-2,19-14-9-6-3)21-20-15-10-11-16-20;1-3-5-7-8-6-4-2;/h10-11,15H,4-9,12-14,16-19H2,1-3H3;3,5,7H,1,4,6,8H2,2H3;. The molecular weight excluding hydrogens is 429 g/mol. The van der Waals surface area contributed by atoms with Crippen molar-refractivity contribution in [2.45, 2.75) is 111 Å². The van der Waals surface area contributed by atoms with Gasteiger partial charge in [0.1, 0.15) is 0 Å². The van der Waals surface area contributed by atoms with Gasteiger partial charge in [0.2, 0.25) is 0 Å². The maximum atomic E-state index is 5.43. The van der Waals surface area contributed by atoms with Crippen LogP contribution in [0.1, 0.15) is 111 Å². The van der Waals surface area contributed by atoms with E-state index in [0.717, 1.165) is 6.42 Å². The zero-order valence-electron chi connectivity index (χ0n) is 21.4. The Morgan fingerprint density at radius 2 is 1.35 bits per heavy atom. The minimum Gasteiger partial charge on any atom is -0.272 e. The van der Waals surface area contributed by atoms with Crippen LogP contribution in [0, 0.1) is 0 Å². The Kier molecular flexibility index (Phi) is 26.2. The number of hydrogen-bond acceptors (Lipinski definition) is 1. The molecule has 3 heteroatoms. The van der Waals surface area contributed by atoms with Crippen molar-refractivity contribution in [3.05, 3.63) is 48.7 Å². The van der Waals surface area contributed by atoms with E-state index in [2.05, 4.69) is 58.6 Å². The molecule has 0 saturated heterocycles. The van der Waals surface area contributed by atoms with Gasteiger partial charge in [-0.05, 0) is 57.3 Å². The molecule has 0 aromatic carbocycles. The number of allylic oxidation sites excluding steroid dienone is 6. The van der Waals surface area contributed by atoms with Gasteiger partial charge in [-0.1, -0.05) is 116 Å². The maximum absolute atomic E-state index is 5.43. The molecule has 1 rings (SSSR count). The van der Waals surface area contributed by atoms with Gasteiger partial charge in [-0.2, -0.15) is 0 Å². The monoisotopic (exact) mass is 481 g/mol. The van der Waals surface area contributed by atoms with Crippen molar-refractivity contribution in [3.63, 3.8) is 0 Å². The van der Waals surface area contributed by atoms with Crippen LogP contribution in [0.25, 0.3) is 0 Å². The Morgan fingerprint density at radius 3 is 1.74 bits per heavy atom. The summed E-state index contributed by atoms with van der Waals surface area (Å²) in [7, 11) is -1.12. The zero-order chi connectivity index (χ0) is 22.3. The van der Waals surface area contributed by atoms with Crippen molar-refractivity contribution in [2.24, 2.45) is 4.74 Å². The van der Waals surface area contributed by atoms with Gasteiger partial charge in [0.05, 0.1) is 0 Å². The van der Waals surface area contributed by atoms with Crippen LogP contribution in [0.2, 0.25) is 0 Å². The molecule has 0 radical (unpaired) electrons. The Labute approximate surface area is 211 Å². The fourth-order valence-corrected chi connectivity index (χ4v) is 7.85. The van der Waals surface area contributed by atoms with Crippen LogP contribution in [0.3, 0.4) is 0 Å². The molecule has 0 fully saturated rings. The van der Waals surface area contributed by atoms with Crippen molar-refractivity contribution in [1.29, 1.82) is 0 Å². The van der Waals surface area contributed by atoms with Gasteiger partial charge >= 0.3 is 0 Å². The molecule has 1 aliphatic rings. The molecule has 0 atom stereocenters. The van der Waals surface area contributed by atoms with Gasteiger partial charge in [-0.15, -0.1) is 0 Å². The summed E-state index contributed by atoms with van der Waals surface area (Å²) in [6, 6.07) is 0. The van der Waals surface area contributed by atoms with Gasteiger partial charge in [-0.3, -0.25) is 4.74 Å². The summed E-state index contributed by atoms with van der Waals surface area (Å²) in [4.78, 5) is 0. The second-order valence-corrected chi connectivity index (χ2v) is 12.3. The fourth-order valence-electron chi connectivity index (χ4n) is 3.75. The summed E-state index contributed by atoms with van der Waals surface area (Å²) in [5.41, 5.74) is 1.37. The molecule has 1 aliphatic carbocycles. The topological polar surface area (TPSA) is 12.4 Å². The predicted molar refractivity (Wildman–Crippen MR) is 143 cm³/mol. The third-order valence-corrected chi connectivity index (χ3v) is 9.75. The largest absolute Gasteiger partial charge is 0.272 e. The van der Waals surface area contributed by atoms with Crippen LogP contribution < -0.4 is 0 Å². The van der Waals surface area contributed by atoms with Crippen molar-refractivity contribution in [1.82, 2.24) is 0 Å². The molecule has 0 spiro atoms. The zero-order valence-corrected chi connectivity index (χ0v) is 23.8. The number of hydrogen-bond donors (Lipinski definition) is 0. The average molecular weight is 482 g/mol. The first-order valence-corrected chi connectivity index (χ1v) is 15.2. The third-order valence-electron chi connectivity index (χ3n) is 5.62. The van der Waals surface area contributed by atoms with E-state index in [4.69, 9.17) is 4.74 Å². The fraction of sp³-hybridized carbons (Fsp3) is 0.714. The summed E-state index contributed by atoms with van der Waals surface area (Å²) in [5.74, 6) is 0. The van der Waals surface area contributed by atoms with Crippen molar-refractivity contribution in [3.8, 4) is 0 Å². The van der Waals surface area contributed by atoms with Crippen molar-refractivity contribution in [2.75, 3.05) is 18.5 Å². The van der Waals surface area contributed by atoms with Gasteiger partial charge in [0.15, 0.2) is 0 Å². The Hall–Kier alpha value is -0.0957. The first-order valence-electron chi connectivity index (χ1n) is 12.9. The Morgan fingerprint density at radius 1 is 0.839 bits per heavy atom. The van der Waals surface area contributed by atoms with E-state index in [-0.39, 0.29) is 21.7 Å². The maximum Gasteiger partial charge on any atom is 0.0425 e. The van der Waals surface area contributed by atoms with E-state index >= 15 is 0 Å². The SMILES string of the molecule is C=CC=CCCCC.CCCCCP(CCCCC)(CCCCC)=NC1=CC=CC1.[Ti]. The summed E-state index contributed by atoms with van der Waals surface area (Å²) in [5, 5.41) is 0. The van der Waals surface area contributed by atoms with Crippen LogP contribution in [0.4, 0.5) is 0 Å². The molecule has 178 valence electrons. The molecule has 31 heavy (non-hydrogen) atoms. The molecule has 0 N–H and O–H groups in total. The average Bonchev–Trinajstić information content (AvgIpc) is 3.25. The Balaban J connectivity index is 0. The molecule has 0 bridgehead atoms. The third kappa shape index (κ3) is 19.1. The molecule has 0 aromatic rings. The van der Waals surface area contributed by atoms with E-state index in [0.29, 0.717) is 0 Å². The normalized spacial score (nSPS) is 12.8. The minimum absolute atomic E-state index is 0. The van der Waals surface area contributed by atoms with E-state index < -0.39 is 7.05 Å². The Bertz CT molecular complexity index is 512. The van der Waals surface area contributed by atoms with Crippen molar-refractivity contribution >= 4 is 7.05 Å². The van der Waals surface area contributed by atoms with Crippen molar-refractivity contribution < 1.29 is 21.7 Å². The van der Waals surface area contributed by atoms with E-state index in [1.165, 1.54) is 101 Å². The second-order valence-electron chi connectivity index (χ2n) is 8.58. The second kappa shape index (κ2) is 24.5. The molecule has 1 nitrogen and oxygen atoms in total. The van der Waals surface area contributed by atoms with Crippen LogP contribution in [-0.2, 0) is 21.7 Å². The van der Waals surface area contributed by atoms with E-state index in [1.807, 2.05) is 12.2 Å². The molecule has 0 aromatic heterocycles. The summed E-state index contributed by atoms with van der Waals surface area (Å²) < 4.78 is 5.43. The summed E-state index contributed by atoms with van der Waals surface area (Å²) >= 11 is 0. The van der Waals surface area contributed by atoms with Gasteiger partial charge in [0, 0.05) is 33.8 Å². The molecular formula is C28H52NPTi. The quantitative estimate of drug-likeness (QED) is 0.0848. The predicted octanol–water partition coefficient (Wildman–Crippen LogP) is 10.5. The summed E-state index contributed by atoms with van der Waals surface area (Å²) in [6.07, 6.45) is 34.1. The number of unbranched alkanes of at least 4 members (excludes halogenated alkanes) is 8. The first kappa shape index (κ1) is 33.1. The van der Waals surface area contributed by atoms with Gasteiger partial charge in [0.25, 0.3) is 0 Å². The van der Waals surface area contributed by atoms with E-state index in [9.17, 15) is 0 Å². The number of nitrogens with zero attached hydrogens (tertiary/aromatic N) is 1. The number of rotatable bonds is 17. The molecule has 0 heterocycles. The molecule has 0 amide bonds. The van der Waals surface area contributed by atoms with Crippen LogP contribution in [-0.4, -0.2) is 18.5 Å². The van der Waals surface area contributed by atoms with Crippen LogP contribution in [0.5, 0.6) is 0 Å². The molecule has 0 aliphatic heterocycles. The van der Waals surface area contributed by atoms with Gasteiger partial charge in [-0.25, -0.2) is 0 Å². The van der Waals surface area contributed by atoms with Crippen LogP contribution in [0.15, 0.2) is 53.5 Å². The molecule has 0 saturated carbocycles. The van der Waals surface area contributed by atoms with E-state index in [1.54, 1.807) is 0 Å². The smallest absolute Gasteiger partial charge is 0.0425 e. The minimum atomic E-state index is -1.12.